The Balaban J connectivity index is 2.36. The molecular formula is C11H7F2N3O. The highest BCUT2D eigenvalue weighted by atomic mass is 19.2. The second-order valence-electron chi connectivity index (χ2n) is 3.21. The standard InChI is InChI=1S/C11H7F2N3O/c12-9-2-1-8(3-10(9)13)11-14-4-7(5-15-11)6-16-17/h1-6,17H. The Labute approximate surface area is 95.3 Å². The molecule has 1 aromatic heterocycles. The molecule has 1 N–H and O–H groups in total. The fourth-order valence-electron chi connectivity index (χ4n) is 1.26. The zero-order valence-electron chi connectivity index (χ0n) is 8.51. The van der Waals surface area contributed by atoms with Crippen LogP contribution < -0.4 is 0 Å². The second kappa shape index (κ2) is 4.65. The van der Waals surface area contributed by atoms with Gasteiger partial charge in [0.25, 0.3) is 0 Å². The van der Waals surface area contributed by atoms with Gasteiger partial charge < -0.3 is 5.21 Å². The van der Waals surface area contributed by atoms with E-state index in [1.807, 2.05) is 0 Å². The molecule has 6 heteroatoms. The Morgan fingerprint density at radius 1 is 1.12 bits per heavy atom. The van der Waals surface area contributed by atoms with Crippen molar-refractivity contribution in [3.05, 3.63) is 47.8 Å². The summed E-state index contributed by atoms with van der Waals surface area (Å²) in [5, 5.41) is 11.1. The van der Waals surface area contributed by atoms with Gasteiger partial charge in [0.1, 0.15) is 0 Å². The Morgan fingerprint density at radius 2 is 1.82 bits per heavy atom. The molecule has 1 heterocycles. The van der Waals surface area contributed by atoms with Crippen LogP contribution in [0.5, 0.6) is 0 Å². The minimum Gasteiger partial charge on any atom is -0.411 e. The van der Waals surface area contributed by atoms with Crippen LogP contribution in [-0.2, 0) is 0 Å². The van der Waals surface area contributed by atoms with E-state index in [0.717, 1.165) is 18.3 Å². The van der Waals surface area contributed by atoms with E-state index >= 15 is 0 Å². The molecule has 0 spiro atoms. The van der Waals surface area contributed by atoms with Gasteiger partial charge in [-0.1, -0.05) is 5.16 Å². The zero-order chi connectivity index (χ0) is 12.3. The average Bonchev–Trinajstić information content (AvgIpc) is 2.34. The molecule has 0 aliphatic heterocycles. The molecule has 17 heavy (non-hydrogen) atoms. The topological polar surface area (TPSA) is 58.4 Å². The summed E-state index contributed by atoms with van der Waals surface area (Å²) in [4.78, 5) is 7.87. The van der Waals surface area contributed by atoms with Crippen LogP contribution in [0.4, 0.5) is 8.78 Å². The van der Waals surface area contributed by atoms with E-state index in [1.165, 1.54) is 18.5 Å². The first-order valence-corrected chi connectivity index (χ1v) is 4.65. The molecule has 0 aliphatic carbocycles. The summed E-state index contributed by atoms with van der Waals surface area (Å²) < 4.78 is 25.7. The highest BCUT2D eigenvalue weighted by Gasteiger charge is 2.06. The lowest BCUT2D eigenvalue weighted by atomic mass is 10.2. The maximum Gasteiger partial charge on any atom is 0.159 e. The monoisotopic (exact) mass is 235 g/mol. The van der Waals surface area contributed by atoms with Gasteiger partial charge in [-0.2, -0.15) is 0 Å². The summed E-state index contributed by atoms with van der Waals surface area (Å²) in [5.74, 6) is -1.61. The molecule has 2 aromatic rings. The van der Waals surface area contributed by atoms with Crippen molar-refractivity contribution in [1.29, 1.82) is 0 Å². The number of halogens is 2. The van der Waals surface area contributed by atoms with Gasteiger partial charge in [-0.3, -0.25) is 0 Å². The average molecular weight is 235 g/mol. The number of oxime groups is 1. The third-order valence-corrected chi connectivity index (χ3v) is 2.06. The maximum absolute atomic E-state index is 13.0. The lowest BCUT2D eigenvalue weighted by Crippen LogP contribution is -1.93. The quantitative estimate of drug-likeness (QED) is 0.493. The molecule has 2 rings (SSSR count). The molecule has 0 atom stereocenters. The first-order chi connectivity index (χ1) is 8.20. The molecule has 0 radical (unpaired) electrons. The van der Waals surface area contributed by atoms with Crippen molar-refractivity contribution in [1.82, 2.24) is 9.97 Å². The molecule has 0 bridgehead atoms. The van der Waals surface area contributed by atoms with Crippen molar-refractivity contribution < 1.29 is 14.0 Å². The van der Waals surface area contributed by atoms with E-state index in [0.29, 0.717) is 11.1 Å². The summed E-state index contributed by atoms with van der Waals surface area (Å²) >= 11 is 0. The Morgan fingerprint density at radius 3 is 2.41 bits per heavy atom. The van der Waals surface area contributed by atoms with Gasteiger partial charge in [-0.25, -0.2) is 18.7 Å². The summed E-state index contributed by atoms with van der Waals surface area (Å²) in [6.45, 7) is 0. The summed E-state index contributed by atoms with van der Waals surface area (Å²) in [6.07, 6.45) is 3.97. The number of rotatable bonds is 2. The molecular weight excluding hydrogens is 228 g/mol. The number of hydrogen-bond donors (Lipinski definition) is 1. The predicted molar refractivity (Wildman–Crippen MR) is 56.8 cm³/mol. The SMILES string of the molecule is ON=Cc1cnc(-c2ccc(F)c(F)c2)nc1. The van der Waals surface area contributed by atoms with E-state index in [1.54, 1.807) is 0 Å². The molecule has 1 aromatic carbocycles. The summed E-state index contributed by atoms with van der Waals surface area (Å²) in [6, 6.07) is 3.41. The van der Waals surface area contributed by atoms with Crippen molar-refractivity contribution >= 4 is 6.21 Å². The molecule has 86 valence electrons. The van der Waals surface area contributed by atoms with Crippen LogP contribution in [0.3, 0.4) is 0 Å². The highest BCUT2D eigenvalue weighted by molar-refractivity contribution is 5.78. The van der Waals surface area contributed by atoms with Gasteiger partial charge in [-0.15, -0.1) is 0 Å². The van der Waals surface area contributed by atoms with Crippen molar-refractivity contribution in [2.24, 2.45) is 5.16 Å². The normalized spacial score (nSPS) is 10.9. The maximum atomic E-state index is 13.0. The van der Waals surface area contributed by atoms with Crippen LogP contribution >= 0.6 is 0 Å². The van der Waals surface area contributed by atoms with Crippen LogP contribution in [0, 0.1) is 11.6 Å². The van der Waals surface area contributed by atoms with Crippen molar-refractivity contribution in [2.45, 2.75) is 0 Å². The highest BCUT2D eigenvalue weighted by Crippen LogP contribution is 2.17. The third-order valence-electron chi connectivity index (χ3n) is 2.06. The minimum atomic E-state index is -0.952. The predicted octanol–water partition coefficient (Wildman–Crippen LogP) is 2.23. The van der Waals surface area contributed by atoms with E-state index < -0.39 is 11.6 Å². The van der Waals surface area contributed by atoms with Gasteiger partial charge in [-0.05, 0) is 18.2 Å². The zero-order valence-corrected chi connectivity index (χ0v) is 8.51. The fraction of sp³-hybridized carbons (Fsp3) is 0. The molecule has 0 aliphatic rings. The van der Waals surface area contributed by atoms with E-state index in [4.69, 9.17) is 5.21 Å². The van der Waals surface area contributed by atoms with Crippen LogP contribution in [0.1, 0.15) is 5.56 Å². The number of aromatic nitrogens is 2. The Bertz CT molecular complexity index is 555. The van der Waals surface area contributed by atoms with Crippen LogP contribution in [0.2, 0.25) is 0 Å². The lowest BCUT2D eigenvalue weighted by molar-refractivity contribution is 0.322. The van der Waals surface area contributed by atoms with E-state index in [-0.39, 0.29) is 5.82 Å². The molecule has 0 saturated heterocycles. The van der Waals surface area contributed by atoms with Crippen LogP contribution in [-0.4, -0.2) is 21.4 Å². The molecule has 0 fully saturated rings. The van der Waals surface area contributed by atoms with Gasteiger partial charge in [0, 0.05) is 23.5 Å². The van der Waals surface area contributed by atoms with E-state index in [9.17, 15) is 8.78 Å². The summed E-state index contributed by atoms with van der Waals surface area (Å²) in [7, 11) is 0. The number of nitrogens with zero attached hydrogens (tertiary/aromatic N) is 3. The van der Waals surface area contributed by atoms with Crippen LogP contribution in [0.25, 0.3) is 11.4 Å². The van der Waals surface area contributed by atoms with Gasteiger partial charge >= 0.3 is 0 Å². The first-order valence-electron chi connectivity index (χ1n) is 4.65. The largest absolute Gasteiger partial charge is 0.411 e. The molecule has 4 nitrogen and oxygen atoms in total. The van der Waals surface area contributed by atoms with Crippen molar-refractivity contribution in [2.75, 3.05) is 0 Å². The summed E-state index contributed by atoms with van der Waals surface area (Å²) in [5.41, 5.74) is 0.871. The Hall–Kier alpha value is -2.37. The first kappa shape index (κ1) is 11.1. The van der Waals surface area contributed by atoms with Crippen molar-refractivity contribution in [3.63, 3.8) is 0 Å². The lowest BCUT2D eigenvalue weighted by Gasteiger charge is -2.00. The number of benzene rings is 1. The molecule has 0 saturated carbocycles. The van der Waals surface area contributed by atoms with Gasteiger partial charge in [0.15, 0.2) is 17.5 Å². The van der Waals surface area contributed by atoms with Crippen molar-refractivity contribution in [3.8, 4) is 11.4 Å². The molecule has 0 amide bonds. The van der Waals surface area contributed by atoms with Gasteiger partial charge in [0.05, 0.1) is 6.21 Å². The Kier molecular flexibility index (Phi) is 3.04. The number of hydrogen-bond acceptors (Lipinski definition) is 4. The van der Waals surface area contributed by atoms with Gasteiger partial charge in [0.2, 0.25) is 0 Å². The van der Waals surface area contributed by atoms with E-state index in [2.05, 4.69) is 15.1 Å². The second-order valence-corrected chi connectivity index (χ2v) is 3.21. The third kappa shape index (κ3) is 2.41. The minimum absolute atomic E-state index is 0.263. The van der Waals surface area contributed by atoms with Crippen LogP contribution in [0.15, 0.2) is 35.7 Å². The smallest absolute Gasteiger partial charge is 0.159 e. The molecule has 0 unspecified atom stereocenters. The fourth-order valence-corrected chi connectivity index (χ4v) is 1.26.